The average Bonchev–Trinajstić information content (AvgIpc) is 3.39. The van der Waals surface area contributed by atoms with E-state index >= 15 is 0 Å². The van der Waals surface area contributed by atoms with E-state index in [9.17, 15) is 50.7 Å². The molecular formula is C48H59Cl2F5N6O13. The lowest BCUT2D eigenvalue weighted by atomic mass is 9.86. The Morgan fingerprint density at radius 2 is 1.07 bits per heavy atom. The van der Waals surface area contributed by atoms with Crippen LogP contribution in [0.5, 0.6) is 11.5 Å². The maximum atomic E-state index is 13.4. The number of nitrogens with zero attached hydrogens (tertiary/aromatic N) is 2. The minimum Gasteiger partial charge on any atom is -0.484 e. The number of carboxylic acid groups (broad SMARTS) is 2. The van der Waals surface area contributed by atoms with Crippen molar-refractivity contribution >= 4 is 64.8 Å². The fraction of sp³-hybridized carbons (Fsp3) is 0.396. The number of carbonyl (C=O) groups excluding carboxylic acids is 5. The number of benzene rings is 2. The number of halogens is 7. The lowest BCUT2D eigenvalue weighted by Gasteiger charge is -2.29. The molecule has 0 unspecified atom stereocenters. The summed E-state index contributed by atoms with van der Waals surface area (Å²) in [5, 5.41) is 24.4. The molecule has 2 saturated carbocycles. The first-order valence-electron chi connectivity index (χ1n) is 22.4. The number of aliphatic carboxylic acids is 1. The largest absolute Gasteiger partial charge is 0.490 e. The highest BCUT2D eigenvalue weighted by Gasteiger charge is 2.38. The topological polar surface area (TPSA) is 285 Å². The summed E-state index contributed by atoms with van der Waals surface area (Å²) in [6, 6.07) is 13.9. The molecule has 0 spiro atoms. The zero-order valence-electron chi connectivity index (χ0n) is 39.7. The summed E-state index contributed by atoms with van der Waals surface area (Å²) < 4.78 is 78.0. The average molecular weight is 1090 g/mol. The number of nitrogens with one attached hydrogen (secondary N) is 3. The molecule has 26 heteroatoms. The third-order valence-electron chi connectivity index (χ3n) is 10.9. The van der Waals surface area contributed by atoms with E-state index in [1.165, 1.54) is 75.0 Å². The lowest BCUT2D eigenvalue weighted by molar-refractivity contribution is -0.192. The summed E-state index contributed by atoms with van der Waals surface area (Å²) in [6.07, 6.45) is 4.65. The van der Waals surface area contributed by atoms with Crippen molar-refractivity contribution in [3.05, 3.63) is 117 Å². The van der Waals surface area contributed by atoms with Crippen LogP contribution in [0.15, 0.2) is 73.1 Å². The van der Waals surface area contributed by atoms with Gasteiger partial charge in [-0.15, -0.1) is 0 Å². The third kappa shape index (κ3) is 21.9. The first-order chi connectivity index (χ1) is 35.0. The lowest BCUT2D eigenvalue weighted by Crippen LogP contribution is -2.41. The van der Waals surface area contributed by atoms with Gasteiger partial charge in [-0.25, -0.2) is 32.9 Å². The molecule has 408 valence electrons. The highest BCUT2D eigenvalue weighted by Crippen LogP contribution is 2.26. The van der Waals surface area contributed by atoms with Crippen LogP contribution in [-0.2, 0) is 23.9 Å². The smallest absolute Gasteiger partial charge is 0.484 e. The van der Waals surface area contributed by atoms with Crippen molar-refractivity contribution in [2.24, 2.45) is 17.6 Å². The number of carboxylic acids is 2. The van der Waals surface area contributed by atoms with E-state index in [1.54, 1.807) is 0 Å². The zero-order chi connectivity index (χ0) is 55.0. The second-order valence-corrected chi connectivity index (χ2v) is 17.0. The molecule has 2 aromatic carbocycles. The Balaban J connectivity index is 0.00000112. The molecule has 0 saturated heterocycles. The monoisotopic (exact) mass is 1090 g/mol. The molecule has 0 aliphatic heterocycles. The Morgan fingerprint density at radius 1 is 0.662 bits per heavy atom. The van der Waals surface area contributed by atoms with Crippen LogP contribution in [0, 0.1) is 23.5 Å². The Kier molecular flexibility index (Phi) is 25.4. The fourth-order valence-electron chi connectivity index (χ4n) is 6.88. The molecule has 74 heavy (non-hydrogen) atoms. The van der Waals surface area contributed by atoms with Crippen molar-refractivity contribution in [2.75, 3.05) is 40.5 Å². The molecule has 3 amide bonds. The van der Waals surface area contributed by atoms with Crippen molar-refractivity contribution in [1.29, 1.82) is 0 Å². The van der Waals surface area contributed by atoms with Gasteiger partial charge in [-0.1, -0.05) is 23.2 Å². The molecule has 2 aliphatic rings. The van der Waals surface area contributed by atoms with Crippen molar-refractivity contribution in [3.8, 4) is 11.5 Å². The molecule has 7 N–H and O–H groups in total. The van der Waals surface area contributed by atoms with E-state index in [-0.39, 0.29) is 85.6 Å². The zero-order valence-corrected chi connectivity index (χ0v) is 41.2. The number of alkyl halides is 3. The Bertz CT molecular complexity index is 2530. The summed E-state index contributed by atoms with van der Waals surface area (Å²) in [5.74, 6) is -5.47. The van der Waals surface area contributed by atoms with Crippen LogP contribution in [-0.4, -0.2) is 121 Å². The molecule has 2 aliphatic carbocycles. The number of esters is 2. The molecule has 6 rings (SSSR count). The van der Waals surface area contributed by atoms with Crippen LogP contribution in [0.2, 0.25) is 10.0 Å². The summed E-state index contributed by atoms with van der Waals surface area (Å²) in [6.45, 7) is 0.883. The van der Waals surface area contributed by atoms with E-state index in [2.05, 4.69) is 35.4 Å². The number of nitrogens with two attached hydrogens (primary N) is 1. The van der Waals surface area contributed by atoms with Crippen LogP contribution in [0.25, 0.3) is 0 Å². The normalized spacial score (nSPS) is 16.8. The maximum absolute atomic E-state index is 13.4. The number of ether oxygens (including phenoxy) is 4. The first kappa shape index (κ1) is 61.1. The highest BCUT2D eigenvalue weighted by atomic mass is 35.5. The first-order valence-corrected chi connectivity index (χ1v) is 23.1. The van der Waals surface area contributed by atoms with Crippen LogP contribution < -0.4 is 31.2 Å². The molecule has 2 fully saturated rings. The van der Waals surface area contributed by atoms with E-state index in [0.717, 1.165) is 63.6 Å². The molecule has 2 heterocycles. The molecule has 0 radical (unpaired) electrons. The predicted molar refractivity (Wildman–Crippen MR) is 261 cm³/mol. The maximum Gasteiger partial charge on any atom is 0.490 e. The predicted octanol–water partition coefficient (Wildman–Crippen LogP) is 7.57. The number of carbonyl (C=O) groups is 7. The number of hydrogen-bond acceptors (Lipinski definition) is 14. The molecule has 0 atom stereocenters. The van der Waals surface area contributed by atoms with E-state index < -0.39 is 41.7 Å². The number of methoxy groups -OCH3 is 2. The number of rotatable bonds is 15. The Morgan fingerprint density at radius 3 is 1.41 bits per heavy atom. The number of aromatic nitrogens is 2. The van der Waals surface area contributed by atoms with E-state index in [0.29, 0.717) is 30.7 Å². The van der Waals surface area contributed by atoms with Crippen molar-refractivity contribution in [1.82, 2.24) is 25.9 Å². The van der Waals surface area contributed by atoms with Crippen LogP contribution >= 0.6 is 23.2 Å². The minimum absolute atomic E-state index is 0. The van der Waals surface area contributed by atoms with Crippen LogP contribution in [0.1, 0.15) is 97.3 Å². The number of pyridine rings is 2. The van der Waals surface area contributed by atoms with Crippen LogP contribution in [0.4, 0.5) is 22.0 Å². The van der Waals surface area contributed by atoms with Gasteiger partial charge < -0.3 is 50.8 Å². The van der Waals surface area contributed by atoms with Gasteiger partial charge in [-0.05, 0) is 118 Å². The van der Waals surface area contributed by atoms with Gasteiger partial charge in [-0.2, -0.15) is 13.2 Å². The summed E-state index contributed by atoms with van der Waals surface area (Å²) in [4.78, 5) is 85.4. The van der Waals surface area contributed by atoms with Gasteiger partial charge in [0.2, 0.25) is 0 Å². The quantitative estimate of drug-likeness (QED) is 0.0494. The minimum atomic E-state index is -5.08. The third-order valence-corrected chi connectivity index (χ3v) is 11.5. The van der Waals surface area contributed by atoms with Gasteiger partial charge in [0.15, 0.2) is 13.2 Å². The molecule has 4 aromatic rings. The fourth-order valence-corrected chi connectivity index (χ4v) is 7.11. The highest BCUT2D eigenvalue weighted by molar-refractivity contribution is 6.31. The van der Waals surface area contributed by atoms with Crippen molar-refractivity contribution in [3.63, 3.8) is 0 Å². The number of amides is 3. The van der Waals surface area contributed by atoms with Crippen molar-refractivity contribution in [2.45, 2.75) is 69.6 Å². The van der Waals surface area contributed by atoms with E-state index in [4.69, 9.17) is 53.4 Å². The molecule has 0 bridgehead atoms. The molecular weight excluding hydrogens is 1030 g/mol. The number of aromatic carboxylic acids is 1. The number of hydrogen-bond donors (Lipinski definition) is 6. The summed E-state index contributed by atoms with van der Waals surface area (Å²) in [7, 11) is 2.52. The standard InChI is InChI=1S/C23H25ClFN3O5.C15H20ClFN2O2.C8H7NO4.C2HF3O2.3H2/c1-32-23(31)15-4-9-20(26-12-15)22(30)27-11-14-2-5-16(6-3-14)28-21(29)13-33-17-7-8-18(24)19(25)10-17;16-13-6-5-12(7-14(13)17)21-9-15(20)19-11-3-1-10(8-18)2-4-11;1-13-8(12)5-2-3-6(7(10)11)9-4-5;3-2(4,5)1(6)7;;;/h4,7-10,12,14,16H,2-3,5-6,11,13H2,1H3,(H,27,30)(H,28,29);5-7,10-11H,1-4,8-9,18H2,(H,19,20);2-4H,1H3,(H,10,11);(H,6,7);3*1H. The Labute approximate surface area is 435 Å². The Hall–Kier alpha value is -7.18. The second-order valence-electron chi connectivity index (χ2n) is 16.2. The van der Waals surface area contributed by atoms with Gasteiger partial charge in [0.05, 0.1) is 35.4 Å². The van der Waals surface area contributed by atoms with Crippen molar-refractivity contribution < 1.29 is 89.0 Å². The molecule has 2 aromatic heterocycles. The van der Waals surface area contributed by atoms with E-state index in [1.807, 2.05) is 0 Å². The van der Waals surface area contributed by atoms with Gasteiger partial charge in [-0.3, -0.25) is 19.4 Å². The van der Waals surface area contributed by atoms with Gasteiger partial charge in [0.1, 0.15) is 34.5 Å². The van der Waals surface area contributed by atoms with Gasteiger partial charge in [0, 0.05) is 47.4 Å². The van der Waals surface area contributed by atoms with Gasteiger partial charge in [0.25, 0.3) is 17.7 Å². The van der Waals surface area contributed by atoms with Crippen LogP contribution in [0.3, 0.4) is 0 Å². The molecule has 19 nitrogen and oxygen atoms in total. The summed E-state index contributed by atoms with van der Waals surface area (Å²) >= 11 is 11.2. The SMILES string of the molecule is COC(=O)c1ccc(C(=O)NCC2CCC(NC(=O)COc3ccc(Cl)c(F)c3)CC2)nc1.COC(=O)c1ccc(C(=O)O)nc1.NCC1CCC(NC(=O)COc2ccc(Cl)c(F)c2)CC1.O=C(O)C(F)(F)F.[HH].[HH].[HH]. The van der Waals surface area contributed by atoms with Gasteiger partial charge >= 0.3 is 30.1 Å². The second kappa shape index (κ2) is 30.8. The summed E-state index contributed by atoms with van der Waals surface area (Å²) in [5.41, 5.74) is 6.27.